The standard InChI is InChI=1S/C41H26BNO2/c1-3-8-27(9-4-1)31-14-17-35-38(25-31)44-37-19-16-34(33-13-7-12-30(24-33)29-20-22-43-23-21-29)41-40(37)42(35)36-18-15-32(26-39(36)45-41)28-10-5-2-6-11-28/h1-26H. The second-order valence-corrected chi connectivity index (χ2v) is 11.5. The zero-order chi connectivity index (χ0) is 29.7. The number of rotatable bonds is 4. The molecule has 4 heteroatoms. The molecule has 0 saturated carbocycles. The number of fused-ring (bicyclic) bond motifs is 4. The molecule has 0 bridgehead atoms. The van der Waals surface area contributed by atoms with Gasteiger partial charge in [-0.15, -0.1) is 0 Å². The highest BCUT2D eigenvalue weighted by Crippen LogP contribution is 2.42. The average molecular weight is 575 g/mol. The molecule has 3 nitrogen and oxygen atoms in total. The lowest BCUT2D eigenvalue weighted by Gasteiger charge is -2.34. The Morgan fingerprint density at radius 3 is 1.62 bits per heavy atom. The van der Waals surface area contributed by atoms with Gasteiger partial charge in [-0.2, -0.15) is 0 Å². The van der Waals surface area contributed by atoms with Crippen LogP contribution in [0.3, 0.4) is 0 Å². The van der Waals surface area contributed by atoms with Crippen molar-refractivity contribution in [3.8, 4) is 67.5 Å². The van der Waals surface area contributed by atoms with E-state index >= 15 is 0 Å². The summed E-state index contributed by atoms with van der Waals surface area (Å²) in [7, 11) is 0. The lowest BCUT2D eigenvalue weighted by molar-refractivity contribution is 0.466. The molecule has 9 rings (SSSR count). The topological polar surface area (TPSA) is 31.4 Å². The van der Waals surface area contributed by atoms with Gasteiger partial charge in [-0.3, -0.25) is 4.98 Å². The van der Waals surface area contributed by atoms with E-state index in [1.54, 1.807) is 0 Å². The van der Waals surface area contributed by atoms with Gasteiger partial charge in [0, 0.05) is 23.4 Å². The van der Waals surface area contributed by atoms with E-state index in [9.17, 15) is 0 Å². The van der Waals surface area contributed by atoms with E-state index < -0.39 is 0 Å². The third kappa shape index (κ3) is 4.34. The van der Waals surface area contributed by atoms with Gasteiger partial charge in [0.25, 0.3) is 6.71 Å². The summed E-state index contributed by atoms with van der Waals surface area (Å²) in [4.78, 5) is 4.20. The molecule has 0 N–H and O–H groups in total. The first kappa shape index (κ1) is 25.6. The molecule has 0 fully saturated rings. The van der Waals surface area contributed by atoms with Crippen molar-refractivity contribution in [3.05, 3.63) is 158 Å². The van der Waals surface area contributed by atoms with Crippen molar-refractivity contribution in [2.45, 2.75) is 0 Å². The molecule has 0 aliphatic carbocycles. The van der Waals surface area contributed by atoms with E-state index in [2.05, 4.69) is 126 Å². The maximum absolute atomic E-state index is 6.94. The lowest BCUT2D eigenvalue weighted by Crippen LogP contribution is -2.57. The van der Waals surface area contributed by atoms with Crippen molar-refractivity contribution >= 4 is 23.1 Å². The van der Waals surface area contributed by atoms with Crippen molar-refractivity contribution < 1.29 is 9.47 Å². The Bertz CT molecular complexity index is 2200. The fourth-order valence-electron chi connectivity index (χ4n) is 6.74. The number of nitrogens with zero attached hydrogens (tertiary/aromatic N) is 1. The SMILES string of the molecule is c1ccc(-c2ccc3c(c2)Oc2ccc(-c4cccc(-c5ccncc5)c4)c4c2B3c2ccc(-c3ccccc3)cc2O4)cc1. The molecule has 1 aromatic heterocycles. The molecule has 45 heavy (non-hydrogen) atoms. The Hall–Kier alpha value is -5.87. The minimum Gasteiger partial charge on any atom is -0.458 e. The van der Waals surface area contributed by atoms with Crippen LogP contribution >= 0.6 is 0 Å². The molecule has 0 radical (unpaired) electrons. The molecule has 2 aliphatic rings. The van der Waals surface area contributed by atoms with Crippen molar-refractivity contribution in [1.82, 2.24) is 4.98 Å². The summed E-state index contributed by atoms with van der Waals surface area (Å²) >= 11 is 0. The minimum absolute atomic E-state index is 0.0273. The third-order valence-corrected chi connectivity index (χ3v) is 8.93. The van der Waals surface area contributed by atoms with E-state index in [-0.39, 0.29) is 6.71 Å². The van der Waals surface area contributed by atoms with E-state index in [4.69, 9.17) is 9.47 Å². The van der Waals surface area contributed by atoms with Crippen LogP contribution in [-0.2, 0) is 0 Å². The number of aromatic nitrogens is 1. The van der Waals surface area contributed by atoms with Gasteiger partial charge in [-0.25, -0.2) is 0 Å². The van der Waals surface area contributed by atoms with Crippen LogP contribution in [0.1, 0.15) is 0 Å². The summed E-state index contributed by atoms with van der Waals surface area (Å²) in [5.41, 5.74) is 12.3. The lowest BCUT2D eigenvalue weighted by atomic mass is 9.34. The minimum atomic E-state index is -0.0273. The number of benzene rings is 6. The fourth-order valence-corrected chi connectivity index (χ4v) is 6.74. The van der Waals surface area contributed by atoms with Gasteiger partial charge in [0.05, 0.1) is 0 Å². The molecule has 0 saturated heterocycles. The summed E-state index contributed by atoms with van der Waals surface area (Å²) in [5.74, 6) is 3.43. The number of pyridine rings is 1. The quantitative estimate of drug-likeness (QED) is 0.197. The molecule has 2 aliphatic heterocycles. The van der Waals surface area contributed by atoms with Gasteiger partial charge >= 0.3 is 0 Å². The first-order valence-corrected chi connectivity index (χ1v) is 15.2. The molecule has 3 heterocycles. The summed E-state index contributed by atoms with van der Waals surface area (Å²) in [6.45, 7) is -0.0273. The van der Waals surface area contributed by atoms with Crippen LogP contribution in [0, 0.1) is 0 Å². The summed E-state index contributed by atoms with van der Waals surface area (Å²) in [5, 5.41) is 0. The first-order chi connectivity index (χ1) is 22.3. The monoisotopic (exact) mass is 575 g/mol. The van der Waals surface area contributed by atoms with E-state index in [0.717, 1.165) is 78.3 Å². The van der Waals surface area contributed by atoms with Gasteiger partial charge in [0.2, 0.25) is 0 Å². The third-order valence-electron chi connectivity index (χ3n) is 8.93. The molecule has 210 valence electrons. The maximum atomic E-state index is 6.94. The Kier molecular flexibility index (Phi) is 5.92. The summed E-state index contributed by atoms with van der Waals surface area (Å²) < 4.78 is 13.6. The van der Waals surface area contributed by atoms with Crippen molar-refractivity contribution in [2.24, 2.45) is 0 Å². The highest BCUT2D eigenvalue weighted by Gasteiger charge is 2.41. The Labute approximate surface area is 262 Å². The van der Waals surface area contributed by atoms with Gasteiger partial charge in [-0.1, -0.05) is 103 Å². The smallest absolute Gasteiger partial charge is 0.260 e. The number of hydrogen-bond donors (Lipinski definition) is 0. The molecular formula is C41H26BNO2. The number of hydrogen-bond acceptors (Lipinski definition) is 3. The maximum Gasteiger partial charge on any atom is 0.260 e. The van der Waals surface area contributed by atoms with Crippen LogP contribution in [0.15, 0.2) is 158 Å². The fraction of sp³-hybridized carbons (Fsp3) is 0. The van der Waals surface area contributed by atoms with Crippen LogP contribution in [0.25, 0.3) is 44.5 Å². The average Bonchev–Trinajstić information content (AvgIpc) is 3.12. The highest BCUT2D eigenvalue weighted by molar-refractivity contribution is 6.98. The zero-order valence-electron chi connectivity index (χ0n) is 24.4. The van der Waals surface area contributed by atoms with Crippen LogP contribution < -0.4 is 25.9 Å². The van der Waals surface area contributed by atoms with Gasteiger partial charge in [0.1, 0.15) is 23.0 Å². The van der Waals surface area contributed by atoms with E-state index in [1.807, 2.05) is 36.7 Å². The summed E-state index contributed by atoms with van der Waals surface area (Å²) in [6.07, 6.45) is 3.66. The molecule has 0 atom stereocenters. The molecule has 6 aromatic carbocycles. The molecule has 0 spiro atoms. The van der Waals surface area contributed by atoms with Gasteiger partial charge < -0.3 is 9.47 Å². The van der Waals surface area contributed by atoms with Crippen LogP contribution in [0.4, 0.5) is 0 Å². The zero-order valence-corrected chi connectivity index (χ0v) is 24.4. The van der Waals surface area contributed by atoms with Crippen LogP contribution in [-0.4, -0.2) is 11.7 Å². The van der Waals surface area contributed by atoms with Gasteiger partial charge in [-0.05, 0) is 92.3 Å². The number of ether oxygens (including phenoxy) is 2. The molecule has 0 amide bonds. The molecule has 7 aromatic rings. The predicted octanol–water partition coefficient (Wildman–Crippen LogP) is 8.48. The first-order valence-electron chi connectivity index (χ1n) is 15.2. The van der Waals surface area contributed by atoms with E-state index in [0.29, 0.717) is 0 Å². The largest absolute Gasteiger partial charge is 0.458 e. The second kappa shape index (κ2) is 10.4. The normalized spacial score (nSPS) is 12.3. The van der Waals surface area contributed by atoms with E-state index in [1.165, 1.54) is 5.56 Å². The molecular weight excluding hydrogens is 549 g/mol. The van der Waals surface area contributed by atoms with Crippen molar-refractivity contribution in [1.29, 1.82) is 0 Å². The van der Waals surface area contributed by atoms with Crippen molar-refractivity contribution in [2.75, 3.05) is 0 Å². The summed E-state index contributed by atoms with van der Waals surface area (Å²) in [6, 6.07) is 51.1. The Morgan fingerprint density at radius 1 is 0.400 bits per heavy atom. The van der Waals surface area contributed by atoms with Crippen LogP contribution in [0.5, 0.6) is 23.0 Å². The van der Waals surface area contributed by atoms with Crippen molar-refractivity contribution in [3.63, 3.8) is 0 Å². The van der Waals surface area contributed by atoms with Gasteiger partial charge in [0.15, 0.2) is 0 Å². The highest BCUT2D eigenvalue weighted by atomic mass is 16.5. The second-order valence-electron chi connectivity index (χ2n) is 11.5. The Balaban J connectivity index is 1.24. The van der Waals surface area contributed by atoms with Crippen LogP contribution in [0.2, 0.25) is 0 Å². The predicted molar refractivity (Wildman–Crippen MR) is 184 cm³/mol. The Morgan fingerprint density at radius 2 is 0.956 bits per heavy atom. The molecule has 0 unspecified atom stereocenters.